The highest BCUT2D eigenvalue weighted by Crippen LogP contribution is 2.36. The molecule has 2 atom stereocenters. The third-order valence-electron chi connectivity index (χ3n) is 5.06. The number of nitrogens with one attached hydrogen (secondary N) is 2. The summed E-state index contributed by atoms with van der Waals surface area (Å²) in [6.45, 7) is 12.2. The quantitative estimate of drug-likeness (QED) is 0.772. The van der Waals surface area contributed by atoms with Gasteiger partial charge in [-0.05, 0) is 46.8 Å². The Labute approximate surface area is 182 Å². The fraction of sp³-hybridized carbons (Fsp3) is 0.545. The van der Waals surface area contributed by atoms with Crippen LogP contribution in [-0.2, 0) is 4.74 Å². The third-order valence-corrected chi connectivity index (χ3v) is 5.06. The number of carbonyl (C=O) groups is 2. The van der Waals surface area contributed by atoms with Crippen LogP contribution < -0.4 is 10.1 Å². The number of benzene rings is 1. The number of rotatable bonds is 4. The molecular formula is C22H31N5O4. The molecule has 0 saturated carbocycles. The van der Waals surface area contributed by atoms with Crippen LogP contribution in [0.15, 0.2) is 24.4 Å². The highest BCUT2D eigenvalue weighted by Gasteiger charge is 2.34. The van der Waals surface area contributed by atoms with Crippen molar-refractivity contribution < 1.29 is 19.1 Å². The van der Waals surface area contributed by atoms with Crippen LogP contribution in [0.5, 0.6) is 5.75 Å². The first-order chi connectivity index (χ1) is 14.6. The smallest absolute Gasteiger partial charge is 0.407 e. The van der Waals surface area contributed by atoms with Crippen molar-refractivity contribution in [3.8, 4) is 17.0 Å². The van der Waals surface area contributed by atoms with Crippen LogP contribution in [0.1, 0.15) is 51.9 Å². The molecule has 2 N–H and O–H groups in total. The number of amides is 2. The van der Waals surface area contributed by atoms with E-state index in [0.29, 0.717) is 29.1 Å². The molecular weight excluding hydrogens is 398 g/mol. The molecule has 1 aromatic heterocycles. The number of carbonyl (C=O) groups excluding carboxylic acids is 2. The van der Waals surface area contributed by atoms with Gasteiger partial charge < -0.3 is 19.7 Å². The summed E-state index contributed by atoms with van der Waals surface area (Å²) in [5.41, 5.74) is 1.11. The minimum atomic E-state index is -0.592. The Hall–Kier alpha value is -3.10. The fourth-order valence-electron chi connectivity index (χ4n) is 3.48. The summed E-state index contributed by atoms with van der Waals surface area (Å²) in [7, 11) is 0. The maximum absolute atomic E-state index is 13.3. The second-order valence-corrected chi connectivity index (χ2v) is 9.11. The monoisotopic (exact) mass is 429 g/mol. The molecule has 2 heterocycles. The summed E-state index contributed by atoms with van der Waals surface area (Å²) in [5.74, 6) is 0.301. The lowest BCUT2D eigenvalue weighted by atomic mass is 9.98. The number of nitrogens with zero attached hydrogens (tertiary/aromatic N) is 3. The van der Waals surface area contributed by atoms with Crippen molar-refractivity contribution in [2.45, 2.75) is 59.3 Å². The lowest BCUT2D eigenvalue weighted by molar-refractivity contribution is 0.0403. The van der Waals surface area contributed by atoms with E-state index in [0.717, 1.165) is 0 Å². The maximum atomic E-state index is 13.3. The van der Waals surface area contributed by atoms with E-state index in [1.54, 1.807) is 12.3 Å². The number of aromatic nitrogens is 3. The van der Waals surface area contributed by atoms with Gasteiger partial charge in [0.05, 0.1) is 18.3 Å². The van der Waals surface area contributed by atoms with Gasteiger partial charge in [-0.2, -0.15) is 15.4 Å². The predicted molar refractivity (Wildman–Crippen MR) is 116 cm³/mol. The fourth-order valence-corrected chi connectivity index (χ4v) is 3.48. The summed E-state index contributed by atoms with van der Waals surface area (Å²) in [4.78, 5) is 27.4. The zero-order valence-electron chi connectivity index (χ0n) is 18.9. The second kappa shape index (κ2) is 8.95. The highest BCUT2D eigenvalue weighted by atomic mass is 16.6. The molecule has 0 saturated heterocycles. The Morgan fingerprint density at radius 3 is 2.68 bits per heavy atom. The number of alkyl carbamates (subject to hydrolysis) is 1. The van der Waals surface area contributed by atoms with Gasteiger partial charge in [0.2, 0.25) is 0 Å². The average molecular weight is 430 g/mol. The number of fused-ring (bicyclic) bond motifs is 1. The van der Waals surface area contributed by atoms with E-state index in [1.807, 2.05) is 58.6 Å². The van der Waals surface area contributed by atoms with Crippen molar-refractivity contribution in [1.29, 1.82) is 0 Å². The summed E-state index contributed by atoms with van der Waals surface area (Å²) < 4.78 is 11.7. The maximum Gasteiger partial charge on any atom is 0.407 e. The minimum absolute atomic E-state index is 0.0103. The molecule has 2 amide bonds. The molecule has 0 aliphatic carbocycles. The van der Waals surface area contributed by atoms with Crippen molar-refractivity contribution in [1.82, 2.24) is 25.6 Å². The number of para-hydroxylation sites is 1. The van der Waals surface area contributed by atoms with E-state index in [9.17, 15) is 9.59 Å². The Balaban J connectivity index is 1.96. The van der Waals surface area contributed by atoms with E-state index in [2.05, 4.69) is 20.7 Å². The predicted octanol–water partition coefficient (Wildman–Crippen LogP) is 3.24. The average Bonchev–Trinajstić information content (AvgIpc) is 3.20. The Morgan fingerprint density at radius 2 is 2.06 bits per heavy atom. The summed E-state index contributed by atoms with van der Waals surface area (Å²) in [6, 6.07) is 5.41. The van der Waals surface area contributed by atoms with Gasteiger partial charge in [-0.3, -0.25) is 4.79 Å². The third kappa shape index (κ3) is 5.34. The van der Waals surface area contributed by atoms with Gasteiger partial charge in [0.1, 0.15) is 23.1 Å². The molecule has 9 heteroatoms. The van der Waals surface area contributed by atoms with Gasteiger partial charge in [-0.25, -0.2) is 4.79 Å². The Bertz CT molecular complexity index is 920. The van der Waals surface area contributed by atoms with Crippen molar-refractivity contribution in [2.75, 3.05) is 13.1 Å². The first kappa shape index (κ1) is 22.6. The molecule has 2 aromatic rings. The van der Waals surface area contributed by atoms with Gasteiger partial charge >= 0.3 is 6.09 Å². The molecule has 0 radical (unpaired) electrons. The van der Waals surface area contributed by atoms with Crippen molar-refractivity contribution >= 4 is 12.0 Å². The highest BCUT2D eigenvalue weighted by molar-refractivity contribution is 5.99. The van der Waals surface area contributed by atoms with Crippen LogP contribution in [-0.4, -0.2) is 63.1 Å². The van der Waals surface area contributed by atoms with Crippen LogP contribution in [0.4, 0.5) is 4.79 Å². The molecule has 2 unspecified atom stereocenters. The van der Waals surface area contributed by atoms with E-state index < -0.39 is 11.7 Å². The standard InChI is InChI=1S/C22H31N5O4/c1-13(2)27-12-14(3)18(11-23-21(29)31-22(4,5)6)30-19-15(17-10-24-26-25-17)8-7-9-16(19)20(27)28/h7-10,13-14,18H,11-12H2,1-6H3,(H,23,29)(H,24,25,26). The number of H-pyrrole nitrogens is 1. The zero-order valence-corrected chi connectivity index (χ0v) is 18.9. The number of ether oxygens (including phenoxy) is 2. The van der Waals surface area contributed by atoms with Crippen LogP contribution >= 0.6 is 0 Å². The van der Waals surface area contributed by atoms with Crippen LogP contribution in [0.3, 0.4) is 0 Å². The van der Waals surface area contributed by atoms with Crippen molar-refractivity contribution in [3.05, 3.63) is 30.0 Å². The van der Waals surface area contributed by atoms with Crippen molar-refractivity contribution in [2.24, 2.45) is 5.92 Å². The lowest BCUT2D eigenvalue weighted by Crippen LogP contribution is -2.49. The molecule has 0 fully saturated rings. The molecule has 168 valence electrons. The first-order valence-corrected chi connectivity index (χ1v) is 10.5. The van der Waals surface area contributed by atoms with E-state index in [4.69, 9.17) is 9.47 Å². The Kier molecular flexibility index (Phi) is 6.52. The molecule has 1 aliphatic rings. The summed E-state index contributed by atoms with van der Waals surface area (Å²) >= 11 is 0. The molecule has 0 bridgehead atoms. The topological polar surface area (TPSA) is 109 Å². The molecule has 9 nitrogen and oxygen atoms in total. The van der Waals surface area contributed by atoms with E-state index in [1.165, 1.54) is 0 Å². The SMILES string of the molecule is CC1CN(C(C)C)C(=O)c2cccc(-c3cn[nH]n3)c2OC1CNC(=O)OC(C)(C)C. The zero-order chi connectivity index (χ0) is 22.8. The number of aromatic amines is 1. The van der Waals surface area contributed by atoms with Gasteiger partial charge in [0.25, 0.3) is 5.91 Å². The summed E-state index contributed by atoms with van der Waals surface area (Å²) in [6.07, 6.45) is 0.695. The molecule has 0 spiro atoms. The summed E-state index contributed by atoms with van der Waals surface area (Å²) in [5, 5.41) is 13.4. The van der Waals surface area contributed by atoms with Gasteiger partial charge in [0.15, 0.2) is 0 Å². The minimum Gasteiger partial charge on any atom is -0.487 e. The normalized spacial score (nSPS) is 19.3. The number of hydrogen-bond acceptors (Lipinski definition) is 6. The Morgan fingerprint density at radius 1 is 1.35 bits per heavy atom. The lowest BCUT2D eigenvalue weighted by Gasteiger charge is -2.37. The van der Waals surface area contributed by atoms with Crippen molar-refractivity contribution in [3.63, 3.8) is 0 Å². The number of hydrogen-bond donors (Lipinski definition) is 2. The molecule has 31 heavy (non-hydrogen) atoms. The van der Waals surface area contributed by atoms with Crippen LogP contribution in [0.2, 0.25) is 0 Å². The van der Waals surface area contributed by atoms with Gasteiger partial charge in [-0.1, -0.05) is 13.0 Å². The van der Waals surface area contributed by atoms with Gasteiger partial charge in [-0.15, -0.1) is 0 Å². The van der Waals surface area contributed by atoms with E-state index in [-0.39, 0.29) is 30.5 Å². The molecule has 3 rings (SSSR count). The van der Waals surface area contributed by atoms with Crippen LogP contribution in [0, 0.1) is 5.92 Å². The van der Waals surface area contributed by atoms with Gasteiger partial charge in [0, 0.05) is 24.1 Å². The largest absolute Gasteiger partial charge is 0.487 e. The van der Waals surface area contributed by atoms with E-state index >= 15 is 0 Å². The molecule has 1 aromatic carbocycles. The first-order valence-electron chi connectivity index (χ1n) is 10.5. The van der Waals surface area contributed by atoms with Crippen LogP contribution in [0.25, 0.3) is 11.3 Å². The second-order valence-electron chi connectivity index (χ2n) is 9.11. The molecule has 1 aliphatic heterocycles.